The van der Waals surface area contributed by atoms with Crippen molar-refractivity contribution in [1.29, 1.82) is 0 Å². The first-order valence-electron chi connectivity index (χ1n) is 8.76. The van der Waals surface area contributed by atoms with Crippen LogP contribution in [0.4, 0.5) is 10.1 Å². The van der Waals surface area contributed by atoms with E-state index < -0.39 is 0 Å². The van der Waals surface area contributed by atoms with Gasteiger partial charge >= 0.3 is 0 Å². The molecule has 1 amide bonds. The molecule has 0 fully saturated rings. The van der Waals surface area contributed by atoms with E-state index in [1.807, 2.05) is 75.4 Å². The third kappa shape index (κ3) is 5.01. The normalized spacial score (nSPS) is 11.1. The van der Waals surface area contributed by atoms with E-state index in [0.29, 0.717) is 10.1 Å². The van der Waals surface area contributed by atoms with Crippen molar-refractivity contribution in [3.63, 3.8) is 0 Å². The van der Waals surface area contributed by atoms with Gasteiger partial charge in [0.25, 0.3) is 0 Å². The van der Waals surface area contributed by atoms with Crippen LogP contribution in [0.3, 0.4) is 0 Å². The number of nitrogens with zero attached hydrogens (tertiary/aromatic N) is 2. The van der Waals surface area contributed by atoms with Crippen LogP contribution in [0.1, 0.15) is 25.0 Å². The van der Waals surface area contributed by atoms with E-state index >= 15 is 0 Å². The van der Waals surface area contributed by atoms with Gasteiger partial charge < -0.3 is 5.32 Å². The van der Waals surface area contributed by atoms with Gasteiger partial charge in [0.15, 0.2) is 0 Å². The molecule has 138 valence electrons. The highest BCUT2D eigenvalue weighted by atomic mass is 32.1. The third-order valence-corrected chi connectivity index (χ3v) is 4.76. The van der Waals surface area contributed by atoms with Crippen molar-refractivity contribution >= 4 is 33.6 Å². The van der Waals surface area contributed by atoms with Crippen molar-refractivity contribution in [3.05, 3.63) is 65.7 Å². The predicted octanol–water partition coefficient (Wildman–Crippen LogP) is 5.16. The number of carbonyl (C=O) groups excluding carboxylic acids is 1. The molecular weight excluding hydrogens is 356 g/mol. The second kappa shape index (κ2) is 8.60. The molecule has 0 saturated heterocycles. The Hall–Kier alpha value is -2.99. The molecule has 3 rings (SSSR count). The van der Waals surface area contributed by atoms with Crippen LogP contribution in [-0.2, 0) is 4.79 Å². The zero-order valence-electron chi connectivity index (χ0n) is 15.6. The summed E-state index contributed by atoms with van der Waals surface area (Å²) in [6, 6.07) is 17.9. The Morgan fingerprint density at radius 3 is 2.48 bits per heavy atom. The van der Waals surface area contributed by atoms with Crippen LogP contribution >= 0.6 is 11.3 Å². The molecule has 2 N–H and O–H groups in total. The average molecular weight is 379 g/mol. The van der Waals surface area contributed by atoms with Crippen molar-refractivity contribution in [2.24, 2.45) is 11.0 Å². The zero-order chi connectivity index (χ0) is 19.2. The lowest BCUT2D eigenvalue weighted by molar-refractivity contribution is -0.118. The first-order valence-corrected chi connectivity index (χ1v) is 9.57. The number of aryl methyl sites for hydroxylation is 1. The minimum absolute atomic E-state index is 0.0365. The van der Waals surface area contributed by atoms with Gasteiger partial charge in [-0.2, -0.15) is 5.10 Å². The molecule has 0 atom stereocenters. The van der Waals surface area contributed by atoms with Gasteiger partial charge in [-0.15, -0.1) is 0 Å². The third-order valence-electron chi connectivity index (χ3n) is 3.89. The van der Waals surface area contributed by atoms with Gasteiger partial charge in [0.05, 0.1) is 6.21 Å². The number of aromatic nitrogens is 1. The minimum atomic E-state index is -0.105. The molecule has 1 aromatic heterocycles. The summed E-state index contributed by atoms with van der Waals surface area (Å²) in [6.07, 6.45) is 1.75. The molecule has 0 aliphatic rings. The van der Waals surface area contributed by atoms with E-state index in [9.17, 15) is 4.79 Å². The number of anilines is 2. The Morgan fingerprint density at radius 1 is 1.11 bits per heavy atom. The highest BCUT2D eigenvalue weighted by Crippen LogP contribution is 2.36. The Kier molecular flexibility index (Phi) is 5.98. The molecule has 0 aliphatic carbocycles. The fourth-order valence-corrected chi connectivity index (χ4v) is 3.16. The van der Waals surface area contributed by atoms with Crippen LogP contribution in [-0.4, -0.2) is 17.1 Å². The number of rotatable bonds is 6. The van der Waals surface area contributed by atoms with Gasteiger partial charge in [-0.3, -0.25) is 10.2 Å². The van der Waals surface area contributed by atoms with Crippen LogP contribution in [0.5, 0.6) is 0 Å². The maximum Gasteiger partial charge on any atom is 0.227 e. The number of carbonyl (C=O) groups is 1. The highest BCUT2D eigenvalue weighted by Gasteiger charge is 2.16. The van der Waals surface area contributed by atoms with E-state index in [1.165, 1.54) is 16.9 Å². The summed E-state index contributed by atoms with van der Waals surface area (Å²) in [5, 5.41) is 8.57. The molecule has 0 bridgehead atoms. The summed E-state index contributed by atoms with van der Waals surface area (Å²) in [4.78, 5) is 16.8. The van der Waals surface area contributed by atoms with Crippen LogP contribution in [0.15, 0.2) is 59.7 Å². The van der Waals surface area contributed by atoms with Gasteiger partial charge in [-0.05, 0) is 12.5 Å². The fraction of sp³-hybridized carbons (Fsp3) is 0.190. The zero-order valence-corrected chi connectivity index (χ0v) is 16.4. The van der Waals surface area contributed by atoms with E-state index in [1.54, 1.807) is 6.21 Å². The monoisotopic (exact) mass is 378 g/mol. The topological polar surface area (TPSA) is 66.4 Å². The lowest BCUT2D eigenvalue weighted by atomic mass is 10.1. The molecule has 0 unspecified atom stereocenters. The first kappa shape index (κ1) is 18.8. The number of thiazole rings is 1. The number of hydrogen-bond acceptors (Lipinski definition) is 5. The van der Waals surface area contributed by atoms with Gasteiger partial charge in [-0.1, -0.05) is 85.3 Å². The predicted molar refractivity (Wildman–Crippen MR) is 113 cm³/mol. The molecule has 27 heavy (non-hydrogen) atoms. The summed E-state index contributed by atoms with van der Waals surface area (Å²) >= 11 is 1.37. The molecule has 0 spiro atoms. The van der Waals surface area contributed by atoms with E-state index in [4.69, 9.17) is 0 Å². The molecule has 0 aliphatic heterocycles. The summed E-state index contributed by atoms with van der Waals surface area (Å²) in [7, 11) is 0. The molecule has 3 aromatic rings. The summed E-state index contributed by atoms with van der Waals surface area (Å²) in [6.45, 7) is 5.78. The number of hydrazone groups is 1. The van der Waals surface area contributed by atoms with E-state index in [0.717, 1.165) is 16.8 Å². The molecular formula is C21H22N4OS. The maximum absolute atomic E-state index is 12.1. The quantitative estimate of drug-likeness (QED) is 0.460. The molecule has 1 heterocycles. The summed E-state index contributed by atoms with van der Waals surface area (Å²) in [5.41, 5.74) is 6.86. The van der Waals surface area contributed by atoms with E-state index in [2.05, 4.69) is 20.8 Å². The van der Waals surface area contributed by atoms with E-state index in [-0.39, 0.29) is 11.8 Å². The molecule has 6 heteroatoms. The SMILES string of the molecule is Cc1ccc(/C=N\Nc2nc(-c3ccccc3)c(NC(=O)C(C)C)s2)cc1. The van der Waals surface area contributed by atoms with Crippen LogP contribution < -0.4 is 10.7 Å². The summed E-state index contributed by atoms with van der Waals surface area (Å²) in [5.74, 6) is -0.141. The number of benzene rings is 2. The van der Waals surface area contributed by atoms with Crippen molar-refractivity contribution in [1.82, 2.24) is 4.98 Å². The van der Waals surface area contributed by atoms with Crippen molar-refractivity contribution < 1.29 is 4.79 Å². The van der Waals surface area contributed by atoms with Gasteiger partial charge in [-0.25, -0.2) is 4.98 Å². The average Bonchev–Trinajstić information content (AvgIpc) is 3.06. The Bertz CT molecular complexity index is 931. The fourth-order valence-electron chi connectivity index (χ4n) is 2.32. The van der Waals surface area contributed by atoms with Gasteiger partial charge in [0.2, 0.25) is 11.0 Å². The van der Waals surface area contributed by atoms with Gasteiger partial charge in [0.1, 0.15) is 10.7 Å². The first-order chi connectivity index (χ1) is 13.0. The maximum atomic E-state index is 12.1. The Labute approximate surface area is 163 Å². The highest BCUT2D eigenvalue weighted by molar-refractivity contribution is 7.20. The molecule has 0 radical (unpaired) electrons. The summed E-state index contributed by atoms with van der Waals surface area (Å²) < 4.78 is 0. The Morgan fingerprint density at radius 2 is 1.81 bits per heavy atom. The van der Waals surface area contributed by atoms with Crippen LogP contribution in [0.25, 0.3) is 11.3 Å². The standard InChI is InChI=1S/C21H22N4OS/c1-14(2)19(26)24-20-18(17-7-5-4-6-8-17)23-21(27-20)25-22-13-16-11-9-15(3)10-12-16/h4-14H,1-3H3,(H,23,25)(H,24,26)/b22-13-. The van der Waals surface area contributed by atoms with Crippen LogP contribution in [0, 0.1) is 12.8 Å². The van der Waals surface area contributed by atoms with Crippen molar-refractivity contribution in [2.75, 3.05) is 10.7 Å². The van der Waals surface area contributed by atoms with Crippen molar-refractivity contribution in [2.45, 2.75) is 20.8 Å². The molecule has 2 aromatic carbocycles. The van der Waals surface area contributed by atoms with Crippen molar-refractivity contribution in [3.8, 4) is 11.3 Å². The van der Waals surface area contributed by atoms with Crippen LogP contribution in [0.2, 0.25) is 0 Å². The molecule has 0 saturated carbocycles. The number of nitrogens with one attached hydrogen (secondary N) is 2. The van der Waals surface area contributed by atoms with Gasteiger partial charge in [0, 0.05) is 11.5 Å². The lowest BCUT2D eigenvalue weighted by Crippen LogP contribution is -2.17. The number of amides is 1. The Balaban J connectivity index is 1.82. The smallest absolute Gasteiger partial charge is 0.227 e. The lowest BCUT2D eigenvalue weighted by Gasteiger charge is -2.07. The molecule has 5 nitrogen and oxygen atoms in total. The minimum Gasteiger partial charge on any atom is -0.316 e. The second-order valence-electron chi connectivity index (χ2n) is 6.49. The number of hydrogen-bond donors (Lipinski definition) is 2. The second-order valence-corrected chi connectivity index (χ2v) is 7.49. The largest absolute Gasteiger partial charge is 0.316 e.